The molecule has 0 amide bonds. The third kappa shape index (κ3) is 2.88. The summed E-state index contributed by atoms with van der Waals surface area (Å²) in [4.78, 5) is 2.28. The van der Waals surface area contributed by atoms with E-state index in [1.54, 1.807) is 14.2 Å². The van der Waals surface area contributed by atoms with E-state index in [1.807, 2.05) is 12.1 Å². The van der Waals surface area contributed by atoms with Gasteiger partial charge in [0.1, 0.15) is 0 Å². The van der Waals surface area contributed by atoms with Crippen molar-refractivity contribution in [2.75, 3.05) is 45.8 Å². The Labute approximate surface area is 109 Å². The molecule has 0 aromatic heterocycles. The van der Waals surface area contributed by atoms with Crippen molar-refractivity contribution in [1.82, 2.24) is 5.32 Å². The molecular formula is C14H22N2O2. The van der Waals surface area contributed by atoms with Gasteiger partial charge in [-0.1, -0.05) is 0 Å². The number of hydrogen-bond acceptors (Lipinski definition) is 4. The zero-order valence-corrected chi connectivity index (χ0v) is 11.4. The summed E-state index contributed by atoms with van der Waals surface area (Å²) >= 11 is 0. The Bertz CT molecular complexity index is 389. The van der Waals surface area contributed by atoms with Crippen molar-refractivity contribution in [2.24, 2.45) is 5.92 Å². The predicted molar refractivity (Wildman–Crippen MR) is 73.8 cm³/mol. The van der Waals surface area contributed by atoms with Crippen molar-refractivity contribution < 1.29 is 9.47 Å². The predicted octanol–water partition coefficient (Wildman–Crippen LogP) is 1.75. The fraction of sp³-hybridized carbons (Fsp3) is 0.571. The minimum absolute atomic E-state index is 0.739. The van der Waals surface area contributed by atoms with Gasteiger partial charge in [0.25, 0.3) is 0 Å². The Morgan fingerprint density at radius 1 is 1.28 bits per heavy atom. The zero-order valence-electron chi connectivity index (χ0n) is 11.4. The van der Waals surface area contributed by atoms with E-state index in [0.717, 1.165) is 37.1 Å². The maximum absolute atomic E-state index is 5.33. The first-order valence-corrected chi connectivity index (χ1v) is 6.38. The van der Waals surface area contributed by atoms with Crippen molar-refractivity contribution in [2.45, 2.75) is 6.42 Å². The summed E-state index contributed by atoms with van der Waals surface area (Å²) in [6, 6.07) is 6.06. The number of benzene rings is 1. The number of nitrogens with one attached hydrogen (secondary N) is 1. The van der Waals surface area contributed by atoms with Crippen LogP contribution in [0.25, 0.3) is 0 Å². The number of rotatable bonds is 5. The van der Waals surface area contributed by atoms with Gasteiger partial charge < -0.3 is 19.7 Å². The van der Waals surface area contributed by atoms with Gasteiger partial charge in [0.2, 0.25) is 0 Å². The van der Waals surface area contributed by atoms with Crippen LogP contribution in [0.2, 0.25) is 0 Å². The minimum atomic E-state index is 0.739. The maximum atomic E-state index is 5.33. The van der Waals surface area contributed by atoms with Crippen molar-refractivity contribution in [1.29, 1.82) is 0 Å². The zero-order chi connectivity index (χ0) is 13.0. The number of methoxy groups -OCH3 is 2. The Balaban J connectivity index is 2.06. The highest BCUT2D eigenvalue weighted by Gasteiger charge is 2.17. The van der Waals surface area contributed by atoms with Crippen LogP contribution in [0.5, 0.6) is 11.5 Å². The van der Waals surface area contributed by atoms with Crippen LogP contribution in [0.4, 0.5) is 5.69 Å². The molecule has 0 spiro atoms. The van der Waals surface area contributed by atoms with E-state index in [1.165, 1.54) is 12.1 Å². The molecule has 1 aromatic carbocycles. The summed E-state index contributed by atoms with van der Waals surface area (Å²) in [7, 11) is 5.45. The highest BCUT2D eigenvalue weighted by atomic mass is 16.5. The van der Waals surface area contributed by atoms with Crippen LogP contribution in [0, 0.1) is 5.92 Å². The van der Waals surface area contributed by atoms with Crippen molar-refractivity contribution >= 4 is 5.69 Å². The Kier molecular flexibility index (Phi) is 4.31. The molecule has 4 heteroatoms. The smallest absolute Gasteiger partial charge is 0.162 e. The van der Waals surface area contributed by atoms with Gasteiger partial charge in [0, 0.05) is 25.3 Å². The molecule has 18 heavy (non-hydrogen) atoms. The quantitative estimate of drug-likeness (QED) is 0.863. The molecule has 0 saturated carbocycles. The SMILES string of the molecule is COc1ccc(N(C)CC2CCNC2)cc1OC. The summed E-state index contributed by atoms with van der Waals surface area (Å²) in [5.41, 5.74) is 1.17. The molecular weight excluding hydrogens is 228 g/mol. The summed E-state index contributed by atoms with van der Waals surface area (Å²) in [5.74, 6) is 2.30. The molecule has 0 bridgehead atoms. The Morgan fingerprint density at radius 3 is 2.67 bits per heavy atom. The third-order valence-corrected chi connectivity index (χ3v) is 3.50. The third-order valence-electron chi connectivity index (χ3n) is 3.50. The topological polar surface area (TPSA) is 33.7 Å². The van der Waals surface area contributed by atoms with Gasteiger partial charge >= 0.3 is 0 Å². The van der Waals surface area contributed by atoms with E-state index in [9.17, 15) is 0 Å². The van der Waals surface area contributed by atoms with E-state index in [0.29, 0.717) is 0 Å². The first kappa shape index (κ1) is 13.0. The molecule has 4 nitrogen and oxygen atoms in total. The molecule has 1 aliphatic rings. The van der Waals surface area contributed by atoms with E-state index < -0.39 is 0 Å². The lowest BCUT2D eigenvalue weighted by Gasteiger charge is -2.23. The van der Waals surface area contributed by atoms with Crippen LogP contribution in [0.1, 0.15) is 6.42 Å². The highest BCUT2D eigenvalue weighted by Crippen LogP contribution is 2.31. The monoisotopic (exact) mass is 250 g/mol. The molecule has 1 fully saturated rings. The summed E-state index contributed by atoms with van der Waals surface area (Å²) < 4.78 is 10.6. The second kappa shape index (κ2) is 5.96. The van der Waals surface area contributed by atoms with E-state index in [4.69, 9.17) is 9.47 Å². The van der Waals surface area contributed by atoms with Gasteiger partial charge in [-0.15, -0.1) is 0 Å². The lowest BCUT2D eigenvalue weighted by molar-refractivity contribution is 0.355. The average Bonchev–Trinajstić information content (AvgIpc) is 2.90. The van der Waals surface area contributed by atoms with Gasteiger partial charge in [-0.05, 0) is 37.6 Å². The molecule has 1 aliphatic heterocycles. The first-order valence-electron chi connectivity index (χ1n) is 6.38. The lowest BCUT2D eigenvalue weighted by Crippen LogP contribution is -2.26. The molecule has 100 valence electrons. The normalized spacial score (nSPS) is 18.7. The molecule has 1 saturated heterocycles. The van der Waals surface area contributed by atoms with Gasteiger partial charge in [0.05, 0.1) is 14.2 Å². The van der Waals surface area contributed by atoms with E-state index in [-0.39, 0.29) is 0 Å². The average molecular weight is 250 g/mol. The van der Waals surface area contributed by atoms with Crippen LogP contribution in [-0.4, -0.2) is 40.9 Å². The van der Waals surface area contributed by atoms with Gasteiger partial charge in [-0.3, -0.25) is 0 Å². The van der Waals surface area contributed by atoms with Crippen molar-refractivity contribution in [3.63, 3.8) is 0 Å². The number of nitrogens with zero attached hydrogens (tertiary/aromatic N) is 1. The largest absolute Gasteiger partial charge is 0.493 e. The molecule has 1 aromatic rings. The van der Waals surface area contributed by atoms with Gasteiger partial charge in [0.15, 0.2) is 11.5 Å². The molecule has 1 heterocycles. The van der Waals surface area contributed by atoms with E-state index >= 15 is 0 Å². The van der Waals surface area contributed by atoms with Crippen molar-refractivity contribution in [3.8, 4) is 11.5 Å². The second-order valence-electron chi connectivity index (χ2n) is 4.78. The molecule has 0 aliphatic carbocycles. The van der Waals surface area contributed by atoms with Crippen LogP contribution in [0.3, 0.4) is 0 Å². The number of anilines is 1. The molecule has 1 atom stereocenters. The number of hydrogen-bond donors (Lipinski definition) is 1. The first-order chi connectivity index (χ1) is 8.74. The lowest BCUT2D eigenvalue weighted by atomic mass is 10.1. The van der Waals surface area contributed by atoms with Crippen LogP contribution >= 0.6 is 0 Å². The van der Waals surface area contributed by atoms with Gasteiger partial charge in [-0.25, -0.2) is 0 Å². The standard InChI is InChI=1S/C14H22N2O2/c1-16(10-11-6-7-15-9-11)12-4-5-13(17-2)14(8-12)18-3/h4-5,8,11,15H,6-7,9-10H2,1-3H3. The Morgan fingerprint density at radius 2 is 2.06 bits per heavy atom. The summed E-state index contributed by atoms with van der Waals surface area (Å²) in [6.07, 6.45) is 1.26. The van der Waals surface area contributed by atoms with Gasteiger partial charge in [-0.2, -0.15) is 0 Å². The maximum Gasteiger partial charge on any atom is 0.162 e. The Hall–Kier alpha value is -1.42. The summed E-state index contributed by atoms with van der Waals surface area (Å²) in [6.45, 7) is 3.34. The highest BCUT2D eigenvalue weighted by molar-refractivity contribution is 5.56. The fourth-order valence-corrected chi connectivity index (χ4v) is 2.43. The molecule has 1 unspecified atom stereocenters. The summed E-state index contributed by atoms with van der Waals surface area (Å²) in [5, 5.41) is 3.40. The molecule has 0 radical (unpaired) electrons. The minimum Gasteiger partial charge on any atom is -0.493 e. The van der Waals surface area contributed by atoms with Crippen molar-refractivity contribution in [3.05, 3.63) is 18.2 Å². The molecule has 2 rings (SSSR count). The van der Waals surface area contributed by atoms with Crippen LogP contribution in [0.15, 0.2) is 18.2 Å². The number of ether oxygens (including phenoxy) is 2. The van der Waals surface area contributed by atoms with E-state index in [2.05, 4.69) is 23.3 Å². The van der Waals surface area contributed by atoms with Crippen LogP contribution in [-0.2, 0) is 0 Å². The second-order valence-corrected chi connectivity index (χ2v) is 4.78. The van der Waals surface area contributed by atoms with Crippen LogP contribution < -0.4 is 19.7 Å². The fourth-order valence-electron chi connectivity index (χ4n) is 2.43. The molecule has 1 N–H and O–H groups in total.